The van der Waals surface area contributed by atoms with Gasteiger partial charge >= 0.3 is 0 Å². The van der Waals surface area contributed by atoms with Crippen LogP contribution in [0.25, 0.3) is 22.0 Å². The zero-order chi connectivity index (χ0) is 23.4. The number of benzene rings is 2. The molecule has 2 aliphatic rings. The molecule has 0 amide bonds. The number of rotatable bonds is 4. The molecular formula is C25H24Cl2FN5O. The number of alkyl halides is 1. The normalized spacial score (nSPS) is 19.1. The highest BCUT2D eigenvalue weighted by molar-refractivity contribution is 6.42. The summed E-state index contributed by atoms with van der Waals surface area (Å²) in [5, 5.41) is 6.72. The van der Waals surface area contributed by atoms with Crippen LogP contribution in [-0.2, 0) is 17.7 Å². The molecule has 0 aliphatic carbocycles. The molecule has 2 aliphatic heterocycles. The highest BCUT2D eigenvalue weighted by Gasteiger charge is 2.28. The Balaban J connectivity index is 1.34. The Bertz CT molecular complexity index is 1360. The molecule has 0 spiro atoms. The van der Waals surface area contributed by atoms with Crippen molar-refractivity contribution in [3.8, 4) is 11.1 Å². The summed E-state index contributed by atoms with van der Waals surface area (Å²) >= 11 is 13.6. The van der Waals surface area contributed by atoms with Crippen molar-refractivity contribution in [3.63, 3.8) is 0 Å². The number of hydrogen-bond acceptors (Lipinski definition) is 4. The van der Waals surface area contributed by atoms with Gasteiger partial charge in [0.05, 0.1) is 47.9 Å². The molecule has 0 radical (unpaired) electrons. The summed E-state index contributed by atoms with van der Waals surface area (Å²) in [6.45, 7) is 5.64. The Hall–Kier alpha value is -2.61. The second-order valence-corrected chi connectivity index (χ2v) is 9.73. The fourth-order valence-electron chi connectivity index (χ4n) is 4.97. The summed E-state index contributed by atoms with van der Waals surface area (Å²) in [6, 6.07) is 10.1. The third kappa shape index (κ3) is 3.67. The first-order valence-electron chi connectivity index (χ1n) is 11.5. The van der Waals surface area contributed by atoms with Crippen molar-refractivity contribution in [1.29, 1.82) is 0 Å². The number of anilines is 1. The lowest BCUT2D eigenvalue weighted by Gasteiger charge is -2.29. The van der Waals surface area contributed by atoms with Crippen LogP contribution in [0.15, 0.2) is 42.9 Å². The Kier molecular flexibility index (Phi) is 5.51. The van der Waals surface area contributed by atoms with Gasteiger partial charge in [0.1, 0.15) is 11.7 Å². The van der Waals surface area contributed by atoms with Gasteiger partial charge in [0.2, 0.25) is 0 Å². The maximum atomic E-state index is 13.9. The standard InChI is InChI=1S/C25H24Cl2FN5O/c1-15(24-22-10-17(28)12-32(22)14-29-24)33-13-20-21(26)11-19(23(27)25(20)30-33)16-2-4-18(5-3-16)31-6-8-34-9-7-31/h2-5,11,13-15,17H,6-10,12H2,1H3/t15?,17-/m1/s1. The third-order valence-corrected chi connectivity index (χ3v) is 7.54. The van der Waals surface area contributed by atoms with E-state index in [-0.39, 0.29) is 6.04 Å². The second kappa shape index (κ2) is 8.56. The molecule has 0 saturated carbocycles. The fraction of sp³-hybridized carbons (Fsp3) is 0.360. The monoisotopic (exact) mass is 499 g/mol. The smallest absolute Gasteiger partial charge is 0.123 e. The lowest BCUT2D eigenvalue weighted by atomic mass is 10.0. The average molecular weight is 500 g/mol. The number of aromatic nitrogens is 4. The molecular weight excluding hydrogens is 476 g/mol. The number of halogens is 3. The first kappa shape index (κ1) is 21.9. The van der Waals surface area contributed by atoms with E-state index in [1.54, 1.807) is 6.33 Å². The predicted octanol–water partition coefficient (Wildman–Crippen LogP) is 5.55. The Labute approximate surface area is 206 Å². The summed E-state index contributed by atoms with van der Waals surface area (Å²) in [5.41, 5.74) is 5.39. The first-order chi connectivity index (χ1) is 16.5. The van der Waals surface area contributed by atoms with Crippen molar-refractivity contribution in [2.75, 3.05) is 31.2 Å². The maximum Gasteiger partial charge on any atom is 0.123 e. The van der Waals surface area contributed by atoms with Crippen molar-refractivity contribution in [2.24, 2.45) is 0 Å². The first-order valence-corrected chi connectivity index (χ1v) is 12.2. The summed E-state index contributed by atoms with van der Waals surface area (Å²) in [4.78, 5) is 6.84. The number of fused-ring (bicyclic) bond motifs is 2. The lowest BCUT2D eigenvalue weighted by Crippen LogP contribution is -2.36. The summed E-state index contributed by atoms with van der Waals surface area (Å²) < 4.78 is 23.0. The third-order valence-electron chi connectivity index (χ3n) is 6.84. The second-order valence-electron chi connectivity index (χ2n) is 8.94. The highest BCUT2D eigenvalue weighted by Crippen LogP contribution is 2.39. The molecule has 4 heterocycles. The molecule has 6 rings (SSSR count). The van der Waals surface area contributed by atoms with Crippen molar-refractivity contribution in [1.82, 2.24) is 19.3 Å². The fourth-order valence-corrected chi connectivity index (χ4v) is 5.52. The molecule has 2 aromatic carbocycles. The van der Waals surface area contributed by atoms with Crippen molar-refractivity contribution >= 4 is 39.8 Å². The number of ether oxygens (including phenoxy) is 1. The van der Waals surface area contributed by atoms with Crippen LogP contribution in [0, 0.1) is 0 Å². The van der Waals surface area contributed by atoms with Crippen LogP contribution in [0.4, 0.5) is 10.1 Å². The average Bonchev–Trinajstić information content (AvgIpc) is 3.56. The van der Waals surface area contributed by atoms with E-state index in [4.69, 9.17) is 33.0 Å². The van der Waals surface area contributed by atoms with Crippen molar-refractivity contribution in [3.05, 3.63) is 64.3 Å². The summed E-state index contributed by atoms with van der Waals surface area (Å²) in [5.74, 6) is 0. The molecule has 9 heteroatoms. The quantitative estimate of drug-likeness (QED) is 0.369. The van der Waals surface area contributed by atoms with Crippen LogP contribution in [0.2, 0.25) is 10.0 Å². The molecule has 1 unspecified atom stereocenters. The van der Waals surface area contributed by atoms with E-state index in [2.05, 4.69) is 34.1 Å². The molecule has 1 saturated heterocycles. The Morgan fingerprint density at radius 2 is 1.91 bits per heavy atom. The van der Waals surface area contributed by atoms with E-state index >= 15 is 0 Å². The molecule has 4 aromatic rings. The van der Waals surface area contributed by atoms with Crippen LogP contribution >= 0.6 is 23.2 Å². The van der Waals surface area contributed by atoms with Crippen LogP contribution in [0.3, 0.4) is 0 Å². The molecule has 2 atom stereocenters. The minimum Gasteiger partial charge on any atom is -0.378 e. The van der Waals surface area contributed by atoms with E-state index in [1.165, 1.54) is 0 Å². The van der Waals surface area contributed by atoms with Crippen LogP contribution in [0.5, 0.6) is 0 Å². The van der Waals surface area contributed by atoms with E-state index in [9.17, 15) is 4.39 Å². The van der Waals surface area contributed by atoms with Gasteiger partial charge < -0.3 is 14.2 Å². The van der Waals surface area contributed by atoms with Gasteiger partial charge in [-0.2, -0.15) is 5.10 Å². The van der Waals surface area contributed by atoms with Crippen molar-refractivity contribution in [2.45, 2.75) is 32.1 Å². The van der Waals surface area contributed by atoms with Crippen LogP contribution in [-0.4, -0.2) is 51.8 Å². The zero-order valence-electron chi connectivity index (χ0n) is 18.7. The van der Waals surface area contributed by atoms with Gasteiger partial charge in [-0.1, -0.05) is 35.3 Å². The molecule has 34 heavy (non-hydrogen) atoms. The van der Waals surface area contributed by atoms with Gasteiger partial charge in [0, 0.05) is 48.0 Å². The van der Waals surface area contributed by atoms with E-state index in [0.717, 1.165) is 59.9 Å². The van der Waals surface area contributed by atoms with Gasteiger partial charge in [0.25, 0.3) is 0 Å². The van der Waals surface area contributed by atoms with Gasteiger partial charge in [-0.3, -0.25) is 4.68 Å². The topological polar surface area (TPSA) is 48.1 Å². The van der Waals surface area contributed by atoms with Crippen LogP contribution < -0.4 is 4.90 Å². The highest BCUT2D eigenvalue weighted by atomic mass is 35.5. The summed E-state index contributed by atoms with van der Waals surface area (Å²) in [7, 11) is 0. The maximum absolute atomic E-state index is 13.9. The van der Waals surface area contributed by atoms with Gasteiger partial charge in [-0.05, 0) is 30.7 Å². The van der Waals surface area contributed by atoms with Gasteiger partial charge in [0.15, 0.2) is 0 Å². The SMILES string of the molecule is CC(c1ncn2c1C[C@@H](F)C2)n1cc2c(Cl)cc(-c3ccc(N4CCOCC4)cc3)c(Cl)c2n1. The largest absolute Gasteiger partial charge is 0.378 e. The van der Waals surface area contributed by atoms with Crippen LogP contribution in [0.1, 0.15) is 24.4 Å². The molecule has 6 nitrogen and oxygen atoms in total. The molecule has 1 fully saturated rings. The molecule has 2 aromatic heterocycles. The minimum absolute atomic E-state index is 0.169. The number of hydrogen-bond donors (Lipinski definition) is 0. The zero-order valence-corrected chi connectivity index (χ0v) is 20.2. The predicted molar refractivity (Wildman–Crippen MR) is 133 cm³/mol. The van der Waals surface area contributed by atoms with Gasteiger partial charge in [-0.15, -0.1) is 0 Å². The van der Waals surface area contributed by atoms with E-state index < -0.39 is 6.17 Å². The summed E-state index contributed by atoms with van der Waals surface area (Å²) in [6.07, 6.45) is 3.13. The number of morpholine rings is 1. The molecule has 0 bridgehead atoms. The Morgan fingerprint density at radius 1 is 1.15 bits per heavy atom. The number of nitrogens with zero attached hydrogens (tertiary/aromatic N) is 5. The lowest BCUT2D eigenvalue weighted by molar-refractivity contribution is 0.122. The number of imidazole rings is 1. The Morgan fingerprint density at radius 3 is 2.68 bits per heavy atom. The minimum atomic E-state index is -0.860. The molecule has 176 valence electrons. The van der Waals surface area contributed by atoms with Crippen molar-refractivity contribution < 1.29 is 9.13 Å². The van der Waals surface area contributed by atoms with Gasteiger partial charge in [-0.25, -0.2) is 9.37 Å². The molecule has 0 N–H and O–H groups in total. The van der Waals surface area contributed by atoms with E-state index in [1.807, 2.05) is 28.4 Å². The van der Waals surface area contributed by atoms with E-state index in [0.29, 0.717) is 28.5 Å².